The highest BCUT2D eigenvalue weighted by atomic mass is 79.9. The molecule has 0 bridgehead atoms. The Morgan fingerprint density at radius 1 is 1.22 bits per heavy atom. The summed E-state index contributed by atoms with van der Waals surface area (Å²) in [6.07, 6.45) is 5.12. The van der Waals surface area contributed by atoms with Crippen LogP contribution in [0.5, 0.6) is 0 Å². The van der Waals surface area contributed by atoms with Crippen LogP contribution in [-0.2, 0) is 0 Å². The van der Waals surface area contributed by atoms with Crippen LogP contribution in [0.3, 0.4) is 0 Å². The normalized spacial score (nSPS) is 14.2. The number of halogens is 3. The monoisotopic (exact) mass is 344 g/mol. The lowest BCUT2D eigenvalue weighted by Crippen LogP contribution is -2.05. The van der Waals surface area contributed by atoms with Gasteiger partial charge in [-0.05, 0) is 17.7 Å². The van der Waals surface area contributed by atoms with Gasteiger partial charge in [-0.15, -0.1) is 0 Å². The number of aromatic nitrogens is 2. The SMILES string of the molecule is CC(c1cnccn1)C(Br)c1ccc(Cl)cc1Cl. The Morgan fingerprint density at radius 3 is 2.61 bits per heavy atom. The Kier molecular flexibility index (Phi) is 4.60. The summed E-state index contributed by atoms with van der Waals surface area (Å²) in [7, 11) is 0. The zero-order valence-corrected chi connectivity index (χ0v) is 12.7. The summed E-state index contributed by atoms with van der Waals surface area (Å²) in [6, 6.07) is 5.51. The van der Waals surface area contributed by atoms with Crippen LogP contribution >= 0.6 is 39.1 Å². The molecule has 5 heteroatoms. The van der Waals surface area contributed by atoms with E-state index < -0.39 is 0 Å². The molecular formula is C13H11BrCl2N2. The van der Waals surface area contributed by atoms with E-state index in [0.717, 1.165) is 11.3 Å². The molecule has 1 heterocycles. The van der Waals surface area contributed by atoms with Gasteiger partial charge in [0.15, 0.2) is 0 Å². The van der Waals surface area contributed by atoms with E-state index in [9.17, 15) is 0 Å². The average molecular weight is 346 g/mol. The fourth-order valence-electron chi connectivity index (χ4n) is 1.69. The molecule has 2 atom stereocenters. The van der Waals surface area contributed by atoms with E-state index in [4.69, 9.17) is 23.2 Å². The minimum absolute atomic E-state index is 0.0685. The second kappa shape index (κ2) is 6.00. The van der Waals surface area contributed by atoms with Gasteiger partial charge in [0.1, 0.15) is 0 Å². The number of hydrogen-bond donors (Lipinski definition) is 0. The van der Waals surface area contributed by atoms with Gasteiger partial charge in [-0.2, -0.15) is 0 Å². The zero-order chi connectivity index (χ0) is 13.1. The Labute approximate surface area is 124 Å². The molecule has 94 valence electrons. The molecule has 2 rings (SSSR count). The van der Waals surface area contributed by atoms with Gasteiger partial charge in [0.25, 0.3) is 0 Å². The first kappa shape index (κ1) is 13.8. The summed E-state index contributed by atoms with van der Waals surface area (Å²) in [6.45, 7) is 2.08. The number of alkyl halides is 1. The molecule has 0 spiro atoms. The van der Waals surface area contributed by atoms with Gasteiger partial charge in [0, 0.05) is 39.4 Å². The van der Waals surface area contributed by atoms with Crippen molar-refractivity contribution in [2.45, 2.75) is 17.7 Å². The summed E-state index contributed by atoms with van der Waals surface area (Å²) in [4.78, 5) is 8.46. The van der Waals surface area contributed by atoms with Crippen LogP contribution in [-0.4, -0.2) is 9.97 Å². The van der Waals surface area contributed by atoms with Crippen molar-refractivity contribution in [1.29, 1.82) is 0 Å². The minimum atomic E-state index is 0.0685. The molecule has 0 aliphatic rings. The highest BCUT2D eigenvalue weighted by Crippen LogP contribution is 2.40. The molecule has 2 nitrogen and oxygen atoms in total. The third-order valence-electron chi connectivity index (χ3n) is 2.75. The van der Waals surface area contributed by atoms with E-state index in [-0.39, 0.29) is 10.7 Å². The van der Waals surface area contributed by atoms with Crippen molar-refractivity contribution in [3.05, 3.63) is 58.1 Å². The van der Waals surface area contributed by atoms with Gasteiger partial charge in [-0.25, -0.2) is 0 Å². The molecule has 0 saturated carbocycles. The molecular weight excluding hydrogens is 335 g/mol. The first-order chi connectivity index (χ1) is 8.59. The first-order valence-corrected chi connectivity index (χ1v) is 7.11. The summed E-state index contributed by atoms with van der Waals surface area (Å²) >= 11 is 15.8. The van der Waals surface area contributed by atoms with Crippen molar-refractivity contribution in [3.8, 4) is 0 Å². The Morgan fingerprint density at radius 2 is 2.00 bits per heavy atom. The van der Waals surface area contributed by atoms with Gasteiger partial charge < -0.3 is 0 Å². The van der Waals surface area contributed by atoms with E-state index in [0.29, 0.717) is 10.0 Å². The molecule has 0 saturated heterocycles. The lowest BCUT2D eigenvalue weighted by atomic mass is 9.98. The third kappa shape index (κ3) is 3.02. The van der Waals surface area contributed by atoms with Crippen LogP contribution in [0.2, 0.25) is 10.0 Å². The van der Waals surface area contributed by atoms with Gasteiger partial charge in [0.2, 0.25) is 0 Å². The van der Waals surface area contributed by atoms with Crippen molar-refractivity contribution < 1.29 is 0 Å². The van der Waals surface area contributed by atoms with Gasteiger partial charge in [-0.1, -0.05) is 52.1 Å². The molecule has 0 aliphatic heterocycles. The molecule has 18 heavy (non-hydrogen) atoms. The smallest absolute Gasteiger partial charge is 0.0629 e. The Hall–Kier alpha value is -0.640. The van der Waals surface area contributed by atoms with E-state index in [1.165, 1.54) is 0 Å². The highest BCUT2D eigenvalue weighted by molar-refractivity contribution is 9.09. The van der Waals surface area contributed by atoms with Gasteiger partial charge >= 0.3 is 0 Å². The standard InChI is InChI=1S/C13H11BrCl2N2/c1-8(12-7-17-4-5-18-12)13(14)10-3-2-9(15)6-11(10)16/h2-8,13H,1H3. The Balaban J connectivity index is 2.28. The quantitative estimate of drug-likeness (QED) is 0.729. The topological polar surface area (TPSA) is 25.8 Å². The van der Waals surface area contributed by atoms with Crippen LogP contribution in [0.4, 0.5) is 0 Å². The van der Waals surface area contributed by atoms with Gasteiger partial charge in [-0.3, -0.25) is 9.97 Å². The van der Waals surface area contributed by atoms with Gasteiger partial charge in [0.05, 0.1) is 5.69 Å². The van der Waals surface area contributed by atoms with Crippen molar-refractivity contribution in [1.82, 2.24) is 9.97 Å². The summed E-state index contributed by atoms with van der Waals surface area (Å²) in [5.74, 6) is 0.164. The van der Waals surface area contributed by atoms with Crippen LogP contribution in [0, 0.1) is 0 Å². The maximum atomic E-state index is 6.21. The lowest BCUT2D eigenvalue weighted by molar-refractivity contribution is 0.718. The zero-order valence-electron chi connectivity index (χ0n) is 9.65. The highest BCUT2D eigenvalue weighted by Gasteiger charge is 2.21. The molecule has 0 fully saturated rings. The third-order valence-corrected chi connectivity index (χ3v) is 4.60. The van der Waals surface area contributed by atoms with Crippen LogP contribution < -0.4 is 0 Å². The number of benzene rings is 1. The minimum Gasteiger partial charge on any atom is -0.261 e. The fraction of sp³-hybridized carbons (Fsp3) is 0.231. The maximum absolute atomic E-state index is 6.21. The number of hydrogen-bond acceptors (Lipinski definition) is 2. The predicted octanol–water partition coefficient (Wildman–Crippen LogP) is 5.02. The van der Waals surface area contributed by atoms with Crippen molar-refractivity contribution in [2.75, 3.05) is 0 Å². The van der Waals surface area contributed by atoms with Crippen molar-refractivity contribution in [3.63, 3.8) is 0 Å². The maximum Gasteiger partial charge on any atom is 0.0629 e. The number of rotatable bonds is 3. The van der Waals surface area contributed by atoms with Crippen molar-refractivity contribution >= 4 is 39.1 Å². The summed E-state index contributed by atoms with van der Waals surface area (Å²) in [5, 5.41) is 1.29. The molecule has 0 radical (unpaired) electrons. The average Bonchev–Trinajstić information content (AvgIpc) is 2.38. The molecule has 1 aromatic heterocycles. The molecule has 0 N–H and O–H groups in total. The summed E-state index contributed by atoms with van der Waals surface area (Å²) in [5.41, 5.74) is 1.92. The van der Waals surface area contributed by atoms with E-state index in [1.807, 2.05) is 12.1 Å². The van der Waals surface area contributed by atoms with E-state index >= 15 is 0 Å². The summed E-state index contributed by atoms with van der Waals surface area (Å²) < 4.78 is 0. The van der Waals surface area contributed by atoms with Crippen LogP contribution in [0.15, 0.2) is 36.8 Å². The van der Waals surface area contributed by atoms with Crippen molar-refractivity contribution in [2.24, 2.45) is 0 Å². The largest absolute Gasteiger partial charge is 0.261 e. The Bertz CT molecular complexity index is 534. The van der Waals surface area contributed by atoms with Crippen LogP contribution in [0.1, 0.15) is 28.9 Å². The first-order valence-electron chi connectivity index (χ1n) is 5.44. The van der Waals surface area contributed by atoms with E-state index in [1.54, 1.807) is 24.7 Å². The molecule has 2 unspecified atom stereocenters. The lowest BCUT2D eigenvalue weighted by Gasteiger charge is -2.19. The second-order valence-corrected chi connectivity index (χ2v) is 5.82. The van der Waals surface area contributed by atoms with E-state index in [2.05, 4.69) is 32.8 Å². The molecule has 2 aromatic rings. The molecule has 0 amide bonds. The second-order valence-electron chi connectivity index (χ2n) is 3.99. The van der Waals surface area contributed by atoms with Crippen LogP contribution in [0.25, 0.3) is 0 Å². The molecule has 1 aromatic carbocycles. The molecule has 0 aliphatic carbocycles. The predicted molar refractivity (Wildman–Crippen MR) is 78.6 cm³/mol. The fourth-order valence-corrected chi connectivity index (χ4v) is 3.02. The number of nitrogens with zero attached hydrogens (tertiary/aromatic N) is 2.